The summed E-state index contributed by atoms with van der Waals surface area (Å²) in [6, 6.07) is 0. The fraction of sp³-hybridized carbons (Fsp3) is 1.00. The predicted molar refractivity (Wildman–Crippen MR) is 52.5 cm³/mol. The first-order valence-corrected chi connectivity index (χ1v) is 4.93. The van der Waals surface area contributed by atoms with Crippen molar-refractivity contribution >= 4 is 0 Å². The van der Waals surface area contributed by atoms with Crippen molar-refractivity contribution in [3.8, 4) is 0 Å². The van der Waals surface area contributed by atoms with Gasteiger partial charge in [-0.3, -0.25) is 0 Å². The van der Waals surface area contributed by atoms with Gasteiger partial charge in [0.25, 0.3) is 0 Å². The molecule has 0 radical (unpaired) electrons. The summed E-state index contributed by atoms with van der Waals surface area (Å²) in [6.07, 6.45) is 1.93. The molecule has 0 aromatic rings. The van der Waals surface area contributed by atoms with Gasteiger partial charge >= 0.3 is 0 Å². The van der Waals surface area contributed by atoms with E-state index in [9.17, 15) is 5.11 Å². The lowest BCUT2D eigenvalue weighted by molar-refractivity contribution is -0.168. The van der Waals surface area contributed by atoms with Gasteiger partial charge in [0.15, 0.2) is 6.29 Å². The maximum Gasteiger partial charge on any atom is 0.182 e. The molecule has 0 rings (SSSR count). The minimum absolute atomic E-state index is 0.486. The summed E-state index contributed by atoms with van der Waals surface area (Å²) in [4.78, 5) is 0. The van der Waals surface area contributed by atoms with Crippen molar-refractivity contribution in [3.05, 3.63) is 0 Å². The Morgan fingerprint density at radius 1 is 1.08 bits per heavy atom. The molecule has 1 atom stereocenters. The third-order valence-electron chi connectivity index (χ3n) is 2.51. The molecule has 0 bridgehead atoms. The zero-order valence-corrected chi connectivity index (χ0v) is 9.12. The van der Waals surface area contributed by atoms with Crippen molar-refractivity contribution < 1.29 is 14.6 Å². The Morgan fingerprint density at radius 3 is 1.85 bits per heavy atom. The summed E-state index contributed by atoms with van der Waals surface area (Å²) in [6.45, 7) is 4.27. The highest BCUT2D eigenvalue weighted by Crippen LogP contribution is 2.17. The van der Waals surface area contributed by atoms with Crippen LogP contribution >= 0.6 is 0 Å². The quantitative estimate of drug-likeness (QED) is 0.622. The van der Waals surface area contributed by atoms with Gasteiger partial charge in [-0.2, -0.15) is 0 Å². The Morgan fingerprint density at radius 2 is 1.54 bits per heavy atom. The zero-order chi connectivity index (χ0) is 10.3. The Hall–Kier alpha value is -0.120. The summed E-state index contributed by atoms with van der Waals surface area (Å²) in [5.41, 5.74) is 0. The molecule has 13 heavy (non-hydrogen) atoms. The maximum absolute atomic E-state index is 9.69. The molecule has 0 saturated heterocycles. The van der Waals surface area contributed by atoms with Crippen molar-refractivity contribution in [1.29, 1.82) is 0 Å². The van der Waals surface area contributed by atoms with Crippen LogP contribution in [-0.2, 0) is 9.47 Å². The zero-order valence-electron chi connectivity index (χ0n) is 9.12. The molecule has 1 unspecified atom stereocenters. The van der Waals surface area contributed by atoms with Crippen LogP contribution in [0.4, 0.5) is 0 Å². The Labute approximate surface area is 81.0 Å². The lowest BCUT2D eigenvalue weighted by Crippen LogP contribution is -2.31. The predicted octanol–water partition coefficient (Wildman–Crippen LogP) is 1.79. The normalized spacial score (nSPS) is 14.1. The van der Waals surface area contributed by atoms with Crippen LogP contribution in [0.5, 0.6) is 0 Å². The number of aliphatic hydroxyl groups is 1. The largest absolute Gasteiger partial charge is 0.388 e. The summed E-state index contributed by atoms with van der Waals surface area (Å²) in [5, 5.41) is 9.69. The van der Waals surface area contributed by atoms with Gasteiger partial charge in [-0.25, -0.2) is 0 Å². The Bertz CT molecular complexity index is 109. The average Bonchev–Trinajstić information content (AvgIpc) is 2.16. The van der Waals surface area contributed by atoms with Gasteiger partial charge < -0.3 is 14.6 Å². The van der Waals surface area contributed by atoms with E-state index in [4.69, 9.17) is 9.47 Å². The Kier molecular flexibility index (Phi) is 7.23. The van der Waals surface area contributed by atoms with Crippen LogP contribution in [0, 0.1) is 5.92 Å². The Balaban J connectivity index is 3.87. The fourth-order valence-electron chi connectivity index (χ4n) is 1.49. The minimum atomic E-state index is -0.514. The smallest absolute Gasteiger partial charge is 0.182 e. The van der Waals surface area contributed by atoms with E-state index in [2.05, 4.69) is 13.8 Å². The molecule has 0 fully saturated rings. The molecule has 0 spiro atoms. The van der Waals surface area contributed by atoms with E-state index >= 15 is 0 Å². The molecule has 0 aromatic heterocycles. The minimum Gasteiger partial charge on any atom is -0.388 e. The van der Waals surface area contributed by atoms with Crippen LogP contribution in [0.15, 0.2) is 0 Å². The van der Waals surface area contributed by atoms with E-state index in [1.54, 1.807) is 14.2 Å². The third-order valence-corrected chi connectivity index (χ3v) is 2.51. The van der Waals surface area contributed by atoms with E-state index in [1.165, 1.54) is 0 Å². The van der Waals surface area contributed by atoms with Crippen molar-refractivity contribution in [2.75, 3.05) is 14.2 Å². The molecular weight excluding hydrogens is 168 g/mol. The van der Waals surface area contributed by atoms with Gasteiger partial charge in [-0.05, 0) is 12.3 Å². The first-order chi connectivity index (χ1) is 6.19. The van der Waals surface area contributed by atoms with Crippen molar-refractivity contribution in [2.24, 2.45) is 5.92 Å². The van der Waals surface area contributed by atoms with Gasteiger partial charge in [-0.15, -0.1) is 0 Å². The number of methoxy groups -OCH3 is 2. The van der Waals surface area contributed by atoms with Crippen LogP contribution in [0.3, 0.4) is 0 Å². The highest BCUT2D eigenvalue weighted by Gasteiger charge is 2.20. The number of rotatable bonds is 7. The van der Waals surface area contributed by atoms with E-state index in [-0.39, 0.29) is 0 Å². The van der Waals surface area contributed by atoms with Gasteiger partial charge in [-0.1, -0.05) is 26.7 Å². The SMILES string of the molecule is CCC(CC)CC(O)C(OC)OC. The first-order valence-electron chi connectivity index (χ1n) is 4.93. The molecule has 1 N–H and O–H groups in total. The summed E-state index contributed by atoms with van der Waals surface area (Å²) >= 11 is 0. The lowest BCUT2D eigenvalue weighted by Gasteiger charge is -2.23. The van der Waals surface area contributed by atoms with Crippen LogP contribution in [-0.4, -0.2) is 31.7 Å². The summed E-state index contributed by atoms with van der Waals surface area (Å²) in [5.74, 6) is 0.558. The second-order valence-corrected chi connectivity index (χ2v) is 3.33. The van der Waals surface area contributed by atoms with E-state index < -0.39 is 12.4 Å². The third kappa shape index (κ3) is 4.60. The highest BCUT2D eigenvalue weighted by molar-refractivity contribution is 4.65. The molecule has 0 aliphatic carbocycles. The number of hydrogen-bond acceptors (Lipinski definition) is 3. The van der Waals surface area contributed by atoms with Crippen LogP contribution in [0.2, 0.25) is 0 Å². The highest BCUT2D eigenvalue weighted by atomic mass is 16.7. The molecule has 80 valence electrons. The van der Waals surface area contributed by atoms with Crippen LogP contribution in [0.25, 0.3) is 0 Å². The molecule has 3 heteroatoms. The molecule has 0 amide bonds. The van der Waals surface area contributed by atoms with Crippen molar-refractivity contribution in [1.82, 2.24) is 0 Å². The molecule has 0 heterocycles. The maximum atomic E-state index is 9.69. The van der Waals surface area contributed by atoms with Crippen LogP contribution < -0.4 is 0 Å². The monoisotopic (exact) mass is 190 g/mol. The molecule has 0 aliphatic rings. The van der Waals surface area contributed by atoms with E-state index in [0.717, 1.165) is 19.3 Å². The second kappa shape index (κ2) is 7.30. The summed E-state index contributed by atoms with van der Waals surface area (Å²) in [7, 11) is 3.09. The number of aliphatic hydroxyl groups excluding tert-OH is 1. The van der Waals surface area contributed by atoms with Crippen molar-refractivity contribution in [3.63, 3.8) is 0 Å². The molecule has 3 nitrogen and oxygen atoms in total. The van der Waals surface area contributed by atoms with E-state index in [1.807, 2.05) is 0 Å². The fourth-order valence-corrected chi connectivity index (χ4v) is 1.49. The number of ether oxygens (including phenoxy) is 2. The van der Waals surface area contributed by atoms with Crippen LogP contribution in [0.1, 0.15) is 33.1 Å². The topological polar surface area (TPSA) is 38.7 Å². The number of hydrogen-bond donors (Lipinski definition) is 1. The average molecular weight is 190 g/mol. The van der Waals surface area contributed by atoms with Crippen molar-refractivity contribution in [2.45, 2.75) is 45.5 Å². The van der Waals surface area contributed by atoms with Gasteiger partial charge in [0.1, 0.15) is 6.10 Å². The molecule has 0 aromatic carbocycles. The van der Waals surface area contributed by atoms with Gasteiger partial charge in [0.2, 0.25) is 0 Å². The van der Waals surface area contributed by atoms with Gasteiger partial charge in [0.05, 0.1) is 0 Å². The summed E-state index contributed by atoms with van der Waals surface area (Å²) < 4.78 is 9.96. The molecule has 0 aliphatic heterocycles. The first kappa shape index (κ1) is 12.9. The standard InChI is InChI=1S/C10H22O3/c1-5-8(6-2)7-9(11)10(12-3)13-4/h8-11H,5-7H2,1-4H3. The molecular formula is C10H22O3. The molecule has 0 saturated carbocycles. The van der Waals surface area contributed by atoms with E-state index in [0.29, 0.717) is 5.92 Å². The lowest BCUT2D eigenvalue weighted by atomic mass is 9.96. The second-order valence-electron chi connectivity index (χ2n) is 3.33. The van der Waals surface area contributed by atoms with Gasteiger partial charge in [0, 0.05) is 14.2 Å².